The van der Waals surface area contributed by atoms with Crippen LogP contribution in [-0.4, -0.2) is 43.8 Å². The van der Waals surface area contributed by atoms with E-state index >= 15 is 0 Å². The van der Waals surface area contributed by atoms with E-state index in [1.165, 1.54) is 13.2 Å². The monoisotopic (exact) mass is 196 g/mol. The Hall–Kier alpha value is -1.54. The number of methoxy groups -OCH3 is 1. The smallest absolute Gasteiger partial charge is 0.331 e. The lowest BCUT2D eigenvalue weighted by Gasteiger charge is -2.28. The van der Waals surface area contributed by atoms with Gasteiger partial charge in [-0.1, -0.05) is 0 Å². The van der Waals surface area contributed by atoms with Crippen molar-refractivity contribution in [2.75, 3.05) is 26.8 Å². The lowest BCUT2D eigenvalue weighted by atomic mass is 10.3. The molecular formula is C9H12N2O3. The number of nitrogens with zero attached hydrogens (tertiary/aromatic N) is 2. The molecule has 0 saturated carbocycles. The molecule has 0 aromatic heterocycles. The highest BCUT2D eigenvalue weighted by atomic mass is 16.5. The minimum atomic E-state index is -0.411. The summed E-state index contributed by atoms with van der Waals surface area (Å²) >= 11 is 0. The molecule has 5 nitrogen and oxygen atoms in total. The maximum atomic E-state index is 10.8. The summed E-state index contributed by atoms with van der Waals surface area (Å²) in [6.07, 6.45) is 2.55. The summed E-state index contributed by atoms with van der Waals surface area (Å²) < 4.78 is 9.58. The molecule has 0 bridgehead atoms. The van der Waals surface area contributed by atoms with E-state index < -0.39 is 12.1 Å². The van der Waals surface area contributed by atoms with E-state index in [0.717, 1.165) is 0 Å². The summed E-state index contributed by atoms with van der Waals surface area (Å²) in [6, 6.07) is 2.02. The number of hydrogen-bond donors (Lipinski definition) is 0. The third kappa shape index (κ3) is 3.07. The number of rotatable bonds is 2. The predicted molar refractivity (Wildman–Crippen MR) is 48.1 cm³/mol. The third-order valence-corrected chi connectivity index (χ3v) is 1.86. The SMILES string of the molecule is COC(=O)/C=C/N1CCOC(C#N)C1. The minimum Gasteiger partial charge on any atom is -0.466 e. The molecule has 0 aromatic carbocycles. The molecule has 76 valence electrons. The Balaban J connectivity index is 2.42. The fourth-order valence-corrected chi connectivity index (χ4v) is 1.12. The summed E-state index contributed by atoms with van der Waals surface area (Å²) in [5.41, 5.74) is 0. The Labute approximate surface area is 82.5 Å². The van der Waals surface area contributed by atoms with Gasteiger partial charge in [-0.25, -0.2) is 4.79 Å². The number of esters is 1. The van der Waals surface area contributed by atoms with Gasteiger partial charge in [-0.05, 0) is 0 Å². The predicted octanol–water partition coefficient (Wildman–Crippen LogP) is -0.103. The van der Waals surface area contributed by atoms with Crippen LogP contribution in [0, 0.1) is 11.3 Å². The van der Waals surface area contributed by atoms with E-state index in [1.807, 2.05) is 11.0 Å². The van der Waals surface area contributed by atoms with Crippen LogP contribution in [0.1, 0.15) is 0 Å². The first-order valence-electron chi connectivity index (χ1n) is 4.27. The second-order valence-corrected chi connectivity index (χ2v) is 2.82. The largest absolute Gasteiger partial charge is 0.466 e. The van der Waals surface area contributed by atoms with Gasteiger partial charge in [-0.15, -0.1) is 0 Å². The fourth-order valence-electron chi connectivity index (χ4n) is 1.12. The molecule has 0 radical (unpaired) electrons. The van der Waals surface area contributed by atoms with Crippen LogP contribution >= 0.6 is 0 Å². The van der Waals surface area contributed by atoms with E-state index in [4.69, 9.17) is 10.00 Å². The topological polar surface area (TPSA) is 62.6 Å². The Morgan fingerprint density at radius 3 is 3.21 bits per heavy atom. The minimum absolute atomic E-state index is 0.398. The number of carbonyl (C=O) groups is 1. The Morgan fingerprint density at radius 1 is 1.79 bits per heavy atom. The van der Waals surface area contributed by atoms with Crippen LogP contribution in [0.3, 0.4) is 0 Å². The van der Waals surface area contributed by atoms with Crippen LogP contribution in [0.25, 0.3) is 0 Å². The number of morpholine rings is 1. The van der Waals surface area contributed by atoms with Gasteiger partial charge in [0.15, 0.2) is 6.10 Å². The zero-order valence-electron chi connectivity index (χ0n) is 7.97. The average molecular weight is 196 g/mol. The van der Waals surface area contributed by atoms with Crippen molar-refractivity contribution in [3.63, 3.8) is 0 Å². The van der Waals surface area contributed by atoms with E-state index in [2.05, 4.69) is 4.74 Å². The average Bonchev–Trinajstić information content (AvgIpc) is 2.26. The highest BCUT2D eigenvalue weighted by Gasteiger charge is 2.17. The van der Waals surface area contributed by atoms with Crippen molar-refractivity contribution < 1.29 is 14.3 Å². The van der Waals surface area contributed by atoms with Crippen LogP contribution in [0.2, 0.25) is 0 Å². The molecule has 0 aliphatic carbocycles. The van der Waals surface area contributed by atoms with Gasteiger partial charge in [0.05, 0.1) is 26.3 Å². The van der Waals surface area contributed by atoms with Crippen molar-refractivity contribution in [3.05, 3.63) is 12.3 Å². The first-order chi connectivity index (χ1) is 6.76. The number of nitriles is 1. The summed E-state index contributed by atoms with van der Waals surface area (Å²) in [6.45, 7) is 1.68. The quantitative estimate of drug-likeness (QED) is 0.456. The van der Waals surface area contributed by atoms with E-state index in [1.54, 1.807) is 6.20 Å². The number of carbonyl (C=O) groups excluding carboxylic acids is 1. The zero-order valence-corrected chi connectivity index (χ0v) is 7.97. The van der Waals surface area contributed by atoms with E-state index in [9.17, 15) is 4.79 Å². The van der Waals surface area contributed by atoms with Gasteiger partial charge >= 0.3 is 5.97 Å². The maximum Gasteiger partial charge on any atom is 0.331 e. The van der Waals surface area contributed by atoms with Gasteiger partial charge < -0.3 is 14.4 Å². The molecule has 14 heavy (non-hydrogen) atoms. The molecular weight excluding hydrogens is 184 g/mol. The molecule has 0 amide bonds. The molecule has 1 aliphatic heterocycles. The Kier molecular flexibility index (Phi) is 3.95. The van der Waals surface area contributed by atoms with Crippen molar-refractivity contribution in [1.82, 2.24) is 4.90 Å². The van der Waals surface area contributed by atoms with Crippen LogP contribution in [0.4, 0.5) is 0 Å². The van der Waals surface area contributed by atoms with Crippen molar-refractivity contribution in [2.45, 2.75) is 6.10 Å². The standard InChI is InChI=1S/C9H12N2O3/c1-13-9(12)2-3-11-4-5-14-8(6-10)7-11/h2-3,8H,4-5,7H2,1H3/b3-2+. The van der Waals surface area contributed by atoms with Crippen LogP contribution in [0.5, 0.6) is 0 Å². The lowest BCUT2D eigenvalue weighted by Crippen LogP contribution is -2.38. The second kappa shape index (κ2) is 5.25. The van der Waals surface area contributed by atoms with Gasteiger partial charge in [0.25, 0.3) is 0 Å². The van der Waals surface area contributed by atoms with Crippen LogP contribution < -0.4 is 0 Å². The molecule has 1 atom stereocenters. The molecule has 1 saturated heterocycles. The van der Waals surface area contributed by atoms with Crippen molar-refractivity contribution in [2.24, 2.45) is 0 Å². The van der Waals surface area contributed by atoms with Gasteiger partial charge in [0.1, 0.15) is 0 Å². The maximum absolute atomic E-state index is 10.8. The first-order valence-corrected chi connectivity index (χ1v) is 4.27. The van der Waals surface area contributed by atoms with Gasteiger partial charge in [-0.3, -0.25) is 0 Å². The fraction of sp³-hybridized carbons (Fsp3) is 0.556. The third-order valence-electron chi connectivity index (χ3n) is 1.86. The van der Waals surface area contributed by atoms with Crippen molar-refractivity contribution >= 4 is 5.97 Å². The summed E-state index contributed by atoms with van der Waals surface area (Å²) in [5.74, 6) is -0.398. The number of ether oxygens (including phenoxy) is 2. The summed E-state index contributed by atoms with van der Waals surface area (Å²) in [4.78, 5) is 12.6. The highest BCUT2D eigenvalue weighted by molar-refractivity contribution is 5.81. The van der Waals surface area contributed by atoms with Crippen LogP contribution in [-0.2, 0) is 14.3 Å². The molecule has 1 unspecified atom stereocenters. The zero-order chi connectivity index (χ0) is 10.4. The van der Waals surface area contributed by atoms with E-state index in [0.29, 0.717) is 19.7 Å². The normalized spacial score (nSPS) is 22.0. The molecule has 1 rings (SSSR count). The molecule has 0 spiro atoms. The first kappa shape index (κ1) is 10.5. The molecule has 0 N–H and O–H groups in total. The Morgan fingerprint density at radius 2 is 2.57 bits per heavy atom. The highest BCUT2D eigenvalue weighted by Crippen LogP contribution is 2.04. The molecule has 1 aliphatic rings. The molecule has 5 heteroatoms. The molecule has 1 heterocycles. The van der Waals surface area contributed by atoms with Crippen molar-refractivity contribution in [3.8, 4) is 6.07 Å². The Bertz CT molecular complexity index is 270. The second-order valence-electron chi connectivity index (χ2n) is 2.82. The van der Waals surface area contributed by atoms with Gasteiger partial charge in [0.2, 0.25) is 0 Å². The number of hydrogen-bond acceptors (Lipinski definition) is 5. The lowest BCUT2D eigenvalue weighted by molar-refractivity contribution is -0.134. The van der Waals surface area contributed by atoms with Crippen LogP contribution in [0.15, 0.2) is 12.3 Å². The van der Waals surface area contributed by atoms with E-state index in [-0.39, 0.29) is 0 Å². The van der Waals surface area contributed by atoms with Gasteiger partial charge in [0, 0.05) is 18.8 Å². The van der Waals surface area contributed by atoms with Crippen molar-refractivity contribution in [1.29, 1.82) is 5.26 Å². The molecule has 0 aromatic rings. The summed E-state index contributed by atoms with van der Waals surface area (Å²) in [5, 5.41) is 8.61. The van der Waals surface area contributed by atoms with Gasteiger partial charge in [-0.2, -0.15) is 5.26 Å². The molecule has 1 fully saturated rings. The summed E-state index contributed by atoms with van der Waals surface area (Å²) in [7, 11) is 1.32.